The van der Waals surface area contributed by atoms with Crippen LogP contribution in [-0.2, 0) is 0 Å². The third kappa shape index (κ3) is 4.01. The van der Waals surface area contributed by atoms with Crippen molar-refractivity contribution in [1.82, 2.24) is 9.97 Å². The van der Waals surface area contributed by atoms with E-state index >= 15 is 0 Å². The summed E-state index contributed by atoms with van der Waals surface area (Å²) < 4.78 is 0. The van der Waals surface area contributed by atoms with Gasteiger partial charge in [-0.15, -0.1) is 0 Å². The van der Waals surface area contributed by atoms with Crippen LogP contribution in [0.1, 0.15) is 52.0 Å². The second-order valence-electron chi connectivity index (χ2n) is 9.86. The molecule has 0 saturated heterocycles. The molecular formula is C30H31N2O. The Hall–Kier alpha value is -3.20. The minimum Gasteiger partial charge on any atom is -0.506 e. The van der Waals surface area contributed by atoms with E-state index in [1.54, 1.807) is 12.0 Å². The molecular weight excluding hydrogens is 404 g/mol. The number of phenolic OH excluding ortho intramolecular Hbond substituents is 1. The lowest BCUT2D eigenvalue weighted by atomic mass is 9.57. The van der Waals surface area contributed by atoms with Crippen molar-refractivity contribution < 1.29 is 5.11 Å². The minimum absolute atomic E-state index is 0.154. The maximum Gasteiger partial charge on any atom is 0.143 e. The van der Waals surface area contributed by atoms with E-state index in [9.17, 15) is 5.11 Å². The van der Waals surface area contributed by atoms with Crippen LogP contribution in [0.15, 0.2) is 72.8 Å². The molecule has 0 spiro atoms. The largest absolute Gasteiger partial charge is 0.506 e. The number of nitrogens with zero attached hydrogens (tertiary/aromatic N) is 2. The third-order valence-electron chi connectivity index (χ3n) is 7.21. The molecule has 1 radical (unpaired) electrons. The molecule has 0 aliphatic heterocycles. The van der Waals surface area contributed by atoms with Crippen molar-refractivity contribution in [1.29, 1.82) is 0 Å². The van der Waals surface area contributed by atoms with Gasteiger partial charge in [0, 0.05) is 17.0 Å². The second kappa shape index (κ2) is 8.62. The quantitative estimate of drug-likeness (QED) is 0.336. The van der Waals surface area contributed by atoms with Crippen molar-refractivity contribution in [2.45, 2.75) is 46.5 Å². The van der Waals surface area contributed by atoms with Crippen LogP contribution in [0.3, 0.4) is 0 Å². The molecule has 1 aliphatic rings. The number of aromatic hydroxyl groups is 1. The Labute approximate surface area is 196 Å². The van der Waals surface area contributed by atoms with Crippen molar-refractivity contribution in [3.8, 4) is 28.3 Å². The molecule has 1 aromatic heterocycles. The third-order valence-corrected chi connectivity index (χ3v) is 7.21. The van der Waals surface area contributed by atoms with E-state index in [1.165, 1.54) is 31.2 Å². The zero-order chi connectivity index (χ0) is 23.0. The molecule has 3 nitrogen and oxygen atoms in total. The highest BCUT2D eigenvalue weighted by molar-refractivity contribution is 5.89. The summed E-state index contributed by atoms with van der Waals surface area (Å²) in [5.41, 5.74) is 6.59. The number of hydrogen-bond donors (Lipinski definition) is 1. The molecule has 4 aromatic rings. The lowest BCUT2D eigenvalue weighted by Gasteiger charge is -2.47. The Morgan fingerprint density at radius 1 is 0.818 bits per heavy atom. The van der Waals surface area contributed by atoms with Crippen LogP contribution in [0.2, 0.25) is 0 Å². The first-order valence-corrected chi connectivity index (χ1v) is 12.0. The smallest absolute Gasteiger partial charge is 0.143 e. The van der Waals surface area contributed by atoms with Crippen molar-refractivity contribution in [2.24, 2.45) is 11.3 Å². The lowest BCUT2D eigenvalue weighted by Crippen LogP contribution is -2.37. The first kappa shape index (κ1) is 21.6. The molecule has 1 unspecified atom stereocenters. The number of benzene rings is 3. The van der Waals surface area contributed by atoms with Crippen LogP contribution in [0, 0.1) is 17.3 Å². The molecule has 0 amide bonds. The number of aromatic nitrogens is 2. The summed E-state index contributed by atoms with van der Waals surface area (Å²) >= 11 is 0. The van der Waals surface area contributed by atoms with Crippen LogP contribution in [0.5, 0.6) is 5.75 Å². The Bertz CT molecular complexity index is 1260. The van der Waals surface area contributed by atoms with Gasteiger partial charge < -0.3 is 5.11 Å². The summed E-state index contributed by atoms with van der Waals surface area (Å²) in [4.78, 5) is 9.79. The first-order valence-electron chi connectivity index (χ1n) is 12.0. The van der Waals surface area contributed by atoms with Crippen molar-refractivity contribution in [3.05, 3.63) is 84.3 Å². The summed E-state index contributed by atoms with van der Waals surface area (Å²) in [5.74, 6) is 2.42. The Kier molecular flexibility index (Phi) is 5.65. The zero-order valence-corrected chi connectivity index (χ0v) is 19.7. The molecule has 3 aromatic carbocycles. The number of fused-ring (bicyclic) bond motifs is 1. The van der Waals surface area contributed by atoms with E-state index in [0.717, 1.165) is 22.5 Å². The fraction of sp³-hybridized carbons (Fsp3) is 0.300. The van der Waals surface area contributed by atoms with Crippen LogP contribution in [-0.4, -0.2) is 15.1 Å². The molecule has 1 saturated carbocycles. The van der Waals surface area contributed by atoms with Gasteiger partial charge in [0.25, 0.3) is 0 Å². The number of hydrogen-bond acceptors (Lipinski definition) is 3. The predicted molar refractivity (Wildman–Crippen MR) is 136 cm³/mol. The molecule has 1 aliphatic carbocycles. The van der Waals surface area contributed by atoms with E-state index < -0.39 is 0 Å². The number of phenols is 1. The van der Waals surface area contributed by atoms with Crippen molar-refractivity contribution >= 4 is 11.0 Å². The van der Waals surface area contributed by atoms with E-state index in [2.05, 4.69) is 45.0 Å². The van der Waals surface area contributed by atoms with Gasteiger partial charge in [0.15, 0.2) is 0 Å². The van der Waals surface area contributed by atoms with Crippen LogP contribution < -0.4 is 0 Å². The van der Waals surface area contributed by atoms with Gasteiger partial charge >= 0.3 is 0 Å². The highest BCUT2D eigenvalue weighted by Gasteiger charge is 2.42. The Morgan fingerprint density at radius 3 is 2.15 bits per heavy atom. The minimum atomic E-state index is 0.154. The summed E-state index contributed by atoms with van der Waals surface area (Å²) in [6.45, 7) is 7.12. The predicted octanol–water partition coefficient (Wildman–Crippen LogP) is 7.83. The van der Waals surface area contributed by atoms with E-state index in [1.807, 2.05) is 42.5 Å². The number of rotatable bonds is 6. The monoisotopic (exact) mass is 435 g/mol. The average molecular weight is 436 g/mol. The van der Waals surface area contributed by atoms with Crippen LogP contribution in [0.4, 0.5) is 0 Å². The van der Waals surface area contributed by atoms with Gasteiger partial charge in [-0.25, -0.2) is 9.97 Å². The Morgan fingerprint density at radius 2 is 1.48 bits per heavy atom. The molecule has 1 atom stereocenters. The molecule has 1 fully saturated rings. The van der Waals surface area contributed by atoms with Gasteiger partial charge in [-0.2, -0.15) is 0 Å². The highest BCUT2D eigenvalue weighted by atomic mass is 16.3. The molecule has 3 heteroatoms. The van der Waals surface area contributed by atoms with Gasteiger partial charge in [-0.1, -0.05) is 87.9 Å². The highest BCUT2D eigenvalue weighted by Crippen LogP contribution is 2.52. The molecule has 33 heavy (non-hydrogen) atoms. The van der Waals surface area contributed by atoms with Crippen molar-refractivity contribution in [2.75, 3.05) is 0 Å². The van der Waals surface area contributed by atoms with Gasteiger partial charge in [0.05, 0.1) is 16.9 Å². The maximum atomic E-state index is 10.4. The van der Waals surface area contributed by atoms with E-state index in [-0.39, 0.29) is 5.75 Å². The molecule has 1 N–H and O–H groups in total. The second-order valence-corrected chi connectivity index (χ2v) is 9.86. The van der Waals surface area contributed by atoms with E-state index in [4.69, 9.17) is 9.97 Å². The zero-order valence-electron chi connectivity index (χ0n) is 19.7. The lowest BCUT2D eigenvalue weighted by molar-refractivity contribution is 0.144. The summed E-state index contributed by atoms with van der Waals surface area (Å²) in [5, 5.41) is 10.4. The summed E-state index contributed by atoms with van der Waals surface area (Å²) in [6.07, 6.45) is 4.98. The van der Waals surface area contributed by atoms with Gasteiger partial charge in [0.2, 0.25) is 0 Å². The molecule has 1 heterocycles. The normalized spacial score (nSPS) is 16.6. The summed E-state index contributed by atoms with van der Waals surface area (Å²) in [6, 6.07) is 24.3. The topological polar surface area (TPSA) is 46.0 Å². The average Bonchev–Trinajstić information content (AvgIpc) is 2.79. The molecule has 0 bridgehead atoms. The fourth-order valence-corrected chi connectivity index (χ4v) is 5.36. The van der Waals surface area contributed by atoms with E-state index in [0.29, 0.717) is 22.4 Å². The molecule has 167 valence electrons. The Balaban J connectivity index is 1.54. The van der Waals surface area contributed by atoms with Gasteiger partial charge in [0.1, 0.15) is 11.3 Å². The van der Waals surface area contributed by atoms with Gasteiger partial charge in [-0.05, 0) is 48.3 Å². The molecule has 5 rings (SSSR count). The SMILES string of the molecule is CCCC(C)(C)C1CC[C]1c1ccc(-c2nc3cccc(O)c3nc2-c2ccccc2)cc1. The van der Waals surface area contributed by atoms with Crippen LogP contribution >= 0.6 is 0 Å². The van der Waals surface area contributed by atoms with Crippen molar-refractivity contribution in [3.63, 3.8) is 0 Å². The number of para-hydroxylation sites is 1. The maximum absolute atomic E-state index is 10.4. The fourth-order valence-electron chi connectivity index (χ4n) is 5.36. The first-order chi connectivity index (χ1) is 16.0. The van der Waals surface area contributed by atoms with Crippen LogP contribution in [0.25, 0.3) is 33.5 Å². The van der Waals surface area contributed by atoms with Gasteiger partial charge in [-0.3, -0.25) is 0 Å². The summed E-state index contributed by atoms with van der Waals surface area (Å²) in [7, 11) is 0. The standard InChI is InChI=1S/C30H31N2O/c1-4-19-30(2,3)24-18-17-23(24)20-13-15-22(16-14-20)27-28(21-9-6-5-7-10-21)32-29-25(31-27)11-8-12-26(29)33/h5-16,24,33H,4,17-19H2,1-3H3.